The monoisotopic (exact) mass is 415 g/mol. The van der Waals surface area contributed by atoms with Gasteiger partial charge in [-0.05, 0) is 48.6 Å². The van der Waals surface area contributed by atoms with Crippen LogP contribution in [0, 0.1) is 11.7 Å². The molecule has 0 aromatic heterocycles. The Labute approximate surface area is 172 Å². The van der Waals surface area contributed by atoms with Gasteiger partial charge in [-0.2, -0.15) is 0 Å². The van der Waals surface area contributed by atoms with E-state index in [1.807, 2.05) is 0 Å². The van der Waals surface area contributed by atoms with E-state index in [0.29, 0.717) is 18.4 Å². The summed E-state index contributed by atoms with van der Waals surface area (Å²) in [6, 6.07) is 11.7. The summed E-state index contributed by atoms with van der Waals surface area (Å²) in [6.45, 7) is 1.75. The number of amides is 2. The molecule has 0 aliphatic heterocycles. The number of hydrogen-bond acceptors (Lipinski definition) is 5. The molecule has 3 N–H and O–H groups in total. The van der Waals surface area contributed by atoms with Crippen molar-refractivity contribution in [1.82, 2.24) is 5.32 Å². The summed E-state index contributed by atoms with van der Waals surface area (Å²) in [5, 5.41) is 20.2. The molecule has 2 amide bonds. The van der Waals surface area contributed by atoms with Crippen LogP contribution in [0.15, 0.2) is 60.7 Å². The van der Waals surface area contributed by atoms with Gasteiger partial charge >= 0.3 is 12.1 Å². The zero-order valence-electron chi connectivity index (χ0n) is 16.2. The molecule has 0 fully saturated rings. The normalized spacial score (nSPS) is 12.9. The summed E-state index contributed by atoms with van der Waals surface area (Å²) < 4.78 is 19.2. The number of carbonyl (C=O) groups excluding carboxylic acids is 2. The van der Waals surface area contributed by atoms with E-state index in [1.54, 1.807) is 25.1 Å². The molecule has 0 aliphatic rings. The number of alkyl carbamates (subject to hydrolysis) is 1. The lowest BCUT2D eigenvalue weighted by atomic mass is 9.93. The van der Waals surface area contributed by atoms with Crippen LogP contribution in [0.5, 0.6) is 5.75 Å². The topological polar surface area (TPSA) is 113 Å². The number of nitrogens with one attached hydrogen (secondary N) is 1. The molecule has 0 spiro atoms. The Bertz CT molecular complexity index is 928. The Morgan fingerprint density at radius 2 is 1.87 bits per heavy atom. The van der Waals surface area contributed by atoms with E-state index in [2.05, 4.69) is 5.32 Å². The van der Waals surface area contributed by atoms with E-state index in [9.17, 15) is 23.9 Å². The fourth-order valence-electron chi connectivity index (χ4n) is 2.81. The van der Waals surface area contributed by atoms with Gasteiger partial charge in [0, 0.05) is 11.6 Å². The number of benzene rings is 2. The maximum atomic E-state index is 13.8. The average molecular weight is 415 g/mol. The molecule has 0 heterocycles. The van der Waals surface area contributed by atoms with Gasteiger partial charge < -0.3 is 14.9 Å². The summed E-state index contributed by atoms with van der Waals surface area (Å²) in [4.78, 5) is 35.0. The van der Waals surface area contributed by atoms with E-state index in [1.165, 1.54) is 24.3 Å². The van der Waals surface area contributed by atoms with Crippen LogP contribution in [0.4, 0.5) is 9.18 Å². The van der Waals surface area contributed by atoms with Gasteiger partial charge in [0.15, 0.2) is 11.6 Å². The molecule has 2 aromatic carbocycles. The van der Waals surface area contributed by atoms with Crippen molar-refractivity contribution < 1.29 is 33.7 Å². The van der Waals surface area contributed by atoms with Crippen molar-refractivity contribution in [3.63, 3.8) is 0 Å². The van der Waals surface area contributed by atoms with Crippen molar-refractivity contribution in [2.45, 2.75) is 25.9 Å². The molecule has 2 rings (SSSR count). The Morgan fingerprint density at radius 1 is 1.17 bits per heavy atom. The number of ether oxygens (including phenoxy) is 1. The minimum atomic E-state index is -1.07. The molecule has 0 unspecified atom stereocenters. The minimum Gasteiger partial charge on any atom is -0.505 e. The van der Waals surface area contributed by atoms with Gasteiger partial charge in [0.25, 0.3) is 5.91 Å². The van der Waals surface area contributed by atoms with Crippen LogP contribution in [-0.2, 0) is 9.53 Å². The van der Waals surface area contributed by atoms with Gasteiger partial charge in [-0.1, -0.05) is 37.3 Å². The molecule has 7 nitrogen and oxygen atoms in total. The van der Waals surface area contributed by atoms with Crippen LogP contribution in [0.2, 0.25) is 0 Å². The first kappa shape index (κ1) is 22.6. The minimum absolute atomic E-state index is 0.272. The zero-order valence-corrected chi connectivity index (χ0v) is 16.2. The molecular weight excluding hydrogens is 393 g/mol. The number of halogens is 1. The van der Waals surface area contributed by atoms with E-state index in [-0.39, 0.29) is 11.5 Å². The number of phenolic OH excluding ortho intramolecular Hbond substituents is 1. The summed E-state index contributed by atoms with van der Waals surface area (Å²) in [7, 11) is 0. The van der Waals surface area contributed by atoms with Crippen molar-refractivity contribution in [2.75, 3.05) is 0 Å². The maximum Gasteiger partial charge on any atom is 0.414 e. The Morgan fingerprint density at radius 3 is 2.50 bits per heavy atom. The van der Waals surface area contributed by atoms with Gasteiger partial charge in [-0.3, -0.25) is 10.1 Å². The van der Waals surface area contributed by atoms with E-state index < -0.39 is 35.6 Å². The molecule has 30 heavy (non-hydrogen) atoms. The quantitative estimate of drug-likeness (QED) is 0.557. The second-order valence-corrected chi connectivity index (χ2v) is 6.65. The number of aromatic hydroxyl groups is 1. The molecule has 0 radical (unpaired) electrons. The van der Waals surface area contributed by atoms with Gasteiger partial charge in [-0.15, -0.1) is 0 Å². The molecule has 0 aliphatic carbocycles. The Kier molecular flexibility index (Phi) is 8.10. The number of carboxylic acids is 1. The average Bonchev–Trinajstić information content (AvgIpc) is 2.72. The highest BCUT2D eigenvalue weighted by molar-refractivity contribution is 6.02. The number of aliphatic carboxylic acids is 1. The Hall–Kier alpha value is -3.68. The van der Waals surface area contributed by atoms with Crippen LogP contribution in [0.1, 0.15) is 41.8 Å². The van der Waals surface area contributed by atoms with Crippen LogP contribution in [-0.4, -0.2) is 28.2 Å². The van der Waals surface area contributed by atoms with Crippen molar-refractivity contribution in [2.24, 2.45) is 5.92 Å². The van der Waals surface area contributed by atoms with Crippen molar-refractivity contribution in [1.29, 1.82) is 0 Å². The standard InChI is InChI=1S/C22H22FNO6/c1-14(7-5-6-10-19(26)27)20(16-11-12-18(25)17(23)13-16)30-22(29)24-21(28)15-8-3-2-4-9-15/h2-4,6,8-14,20,25H,5,7H2,1H3,(H,26,27)(H,24,28,29)/b10-6+/t14-,20-/m1/s1. The summed E-state index contributed by atoms with van der Waals surface area (Å²) >= 11 is 0. The molecule has 158 valence electrons. The van der Waals surface area contributed by atoms with Crippen LogP contribution in [0.25, 0.3) is 0 Å². The number of phenols is 1. The maximum absolute atomic E-state index is 13.8. The lowest BCUT2D eigenvalue weighted by Gasteiger charge is -2.24. The third-order valence-corrected chi connectivity index (χ3v) is 4.35. The predicted octanol–water partition coefficient (Wildman–Crippen LogP) is 4.20. The SMILES string of the molecule is C[C@H](CC/C=C/C(=O)O)[C@@H](OC(=O)NC(=O)c1ccccc1)c1ccc(O)c(F)c1. The smallest absolute Gasteiger partial charge is 0.414 e. The van der Waals surface area contributed by atoms with E-state index >= 15 is 0 Å². The summed E-state index contributed by atoms with van der Waals surface area (Å²) in [5.41, 5.74) is 0.566. The van der Waals surface area contributed by atoms with Gasteiger partial charge in [0.2, 0.25) is 0 Å². The first-order valence-corrected chi connectivity index (χ1v) is 9.22. The fourth-order valence-corrected chi connectivity index (χ4v) is 2.81. The highest BCUT2D eigenvalue weighted by atomic mass is 19.1. The van der Waals surface area contributed by atoms with Crippen molar-refractivity contribution >= 4 is 18.0 Å². The third-order valence-electron chi connectivity index (χ3n) is 4.35. The van der Waals surface area contributed by atoms with Crippen LogP contribution >= 0.6 is 0 Å². The van der Waals surface area contributed by atoms with Gasteiger partial charge in [-0.25, -0.2) is 14.0 Å². The molecule has 2 atom stereocenters. The number of carboxylic acid groups (broad SMARTS) is 1. The fraction of sp³-hybridized carbons (Fsp3) is 0.227. The number of hydrogen-bond donors (Lipinski definition) is 3. The van der Waals surface area contributed by atoms with Crippen molar-refractivity contribution in [3.05, 3.63) is 77.6 Å². The summed E-state index contributed by atoms with van der Waals surface area (Å²) in [5.74, 6) is -3.48. The van der Waals surface area contributed by atoms with Gasteiger partial charge in [0.1, 0.15) is 6.10 Å². The first-order chi connectivity index (χ1) is 14.3. The van der Waals surface area contributed by atoms with Crippen LogP contribution < -0.4 is 5.32 Å². The lowest BCUT2D eigenvalue weighted by molar-refractivity contribution is -0.131. The second-order valence-electron chi connectivity index (χ2n) is 6.65. The number of carbonyl (C=O) groups is 3. The lowest BCUT2D eigenvalue weighted by Crippen LogP contribution is -2.33. The Balaban J connectivity index is 2.13. The predicted molar refractivity (Wildman–Crippen MR) is 106 cm³/mol. The largest absolute Gasteiger partial charge is 0.505 e. The van der Waals surface area contributed by atoms with E-state index in [4.69, 9.17) is 9.84 Å². The van der Waals surface area contributed by atoms with Gasteiger partial charge in [0.05, 0.1) is 0 Å². The molecule has 8 heteroatoms. The summed E-state index contributed by atoms with van der Waals surface area (Å²) in [6.07, 6.45) is 1.35. The molecule has 0 saturated carbocycles. The van der Waals surface area contributed by atoms with Crippen LogP contribution in [0.3, 0.4) is 0 Å². The van der Waals surface area contributed by atoms with Crippen molar-refractivity contribution in [3.8, 4) is 5.75 Å². The number of rotatable bonds is 8. The first-order valence-electron chi connectivity index (χ1n) is 9.22. The number of allylic oxidation sites excluding steroid dienone is 1. The molecular formula is C22H22FNO6. The second kappa shape index (κ2) is 10.8. The number of imide groups is 1. The molecule has 2 aromatic rings. The van der Waals surface area contributed by atoms with E-state index in [0.717, 1.165) is 18.2 Å². The highest BCUT2D eigenvalue weighted by Crippen LogP contribution is 2.31. The molecule has 0 saturated heterocycles. The highest BCUT2D eigenvalue weighted by Gasteiger charge is 2.25. The third kappa shape index (κ3) is 6.73. The zero-order chi connectivity index (χ0) is 22.1. The molecule has 0 bridgehead atoms.